The standard InChI is InChI=1S/C17H21BrF2N2O2/c18-14-4-2-1-3-13(14)11-21-9-10-24-15(12-21)16(23)22-7-5-17(19,20)6-8-22/h1-4,15H,5-12H2. The normalized spacial score (nSPS) is 24.8. The van der Waals surface area contributed by atoms with Crippen molar-refractivity contribution in [1.82, 2.24) is 9.80 Å². The van der Waals surface area contributed by atoms with Crippen molar-refractivity contribution in [3.05, 3.63) is 34.3 Å². The fraction of sp³-hybridized carbons (Fsp3) is 0.588. The van der Waals surface area contributed by atoms with Gasteiger partial charge in [0.2, 0.25) is 0 Å². The van der Waals surface area contributed by atoms with Crippen molar-refractivity contribution < 1.29 is 18.3 Å². The molecular weight excluding hydrogens is 382 g/mol. The molecule has 7 heteroatoms. The number of alkyl halides is 2. The van der Waals surface area contributed by atoms with Crippen molar-refractivity contribution in [3.8, 4) is 0 Å². The third-order valence-corrected chi connectivity index (χ3v) is 5.36. The molecule has 2 heterocycles. The number of carbonyl (C=O) groups is 1. The molecule has 0 bridgehead atoms. The highest BCUT2D eigenvalue weighted by atomic mass is 79.9. The van der Waals surface area contributed by atoms with Gasteiger partial charge in [0.25, 0.3) is 11.8 Å². The van der Waals surface area contributed by atoms with E-state index in [1.807, 2.05) is 24.3 Å². The van der Waals surface area contributed by atoms with Crippen LogP contribution in [0.3, 0.4) is 0 Å². The third-order valence-electron chi connectivity index (χ3n) is 4.58. The molecule has 0 N–H and O–H groups in total. The maximum Gasteiger partial charge on any atom is 0.253 e. The summed E-state index contributed by atoms with van der Waals surface area (Å²) in [6.45, 7) is 2.67. The molecule has 0 spiro atoms. The highest BCUT2D eigenvalue weighted by Crippen LogP contribution is 2.28. The molecule has 1 atom stereocenters. The maximum absolute atomic E-state index is 13.2. The monoisotopic (exact) mass is 402 g/mol. The highest BCUT2D eigenvalue weighted by molar-refractivity contribution is 9.10. The van der Waals surface area contributed by atoms with Crippen LogP contribution in [0.2, 0.25) is 0 Å². The maximum atomic E-state index is 13.2. The Bertz CT molecular complexity index is 590. The first-order chi connectivity index (χ1) is 11.4. The zero-order valence-electron chi connectivity index (χ0n) is 13.4. The van der Waals surface area contributed by atoms with E-state index in [0.29, 0.717) is 13.2 Å². The Morgan fingerprint density at radius 3 is 2.67 bits per heavy atom. The molecule has 3 rings (SSSR count). The average molecular weight is 403 g/mol. The van der Waals surface area contributed by atoms with Crippen LogP contribution in [0.15, 0.2) is 28.7 Å². The largest absolute Gasteiger partial charge is 0.366 e. The predicted molar refractivity (Wildman–Crippen MR) is 89.9 cm³/mol. The summed E-state index contributed by atoms with van der Waals surface area (Å²) in [5.41, 5.74) is 1.16. The number of likely N-dealkylation sites (tertiary alicyclic amines) is 1. The van der Waals surface area contributed by atoms with Gasteiger partial charge in [-0.3, -0.25) is 9.69 Å². The van der Waals surface area contributed by atoms with Crippen LogP contribution >= 0.6 is 15.9 Å². The summed E-state index contributed by atoms with van der Waals surface area (Å²) in [6, 6.07) is 7.98. The Kier molecular flexibility index (Phi) is 5.52. The molecule has 1 amide bonds. The van der Waals surface area contributed by atoms with Crippen molar-refractivity contribution in [3.63, 3.8) is 0 Å². The fourth-order valence-electron chi connectivity index (χ4n) is 3.12. The predicted octanol–water partition coefficient (Wildman–Crippen LogP) is 2.91. The third kappa shape index (κ3) is 4.32. The molecule has 2 fully saturated rings. The summed E-state index contributed by atoms with van der Waals surface area (Å²) in [7, 11) is 0. The van der Waals surface area contributed by atoms with Crippen LogP contribution in [0.1, 0.15) is 18.4 Å². The minimum Gasteiger partial charge on any atom is -0.366 e. The van der Waals surface area contributed by atoms with E-state index in [9.17, 15) is 13.6 Å². The zero-order valence-corrected chi connectivity index (χ0v) is 15.0. The molecule has 24 heavy (non-hydrogen) atoms. The summed E-state index contributed by atoms with van der Waals surface area (Å²) >= 11 is 3.54. The number of nitrogens with zero attached hydrogens (tertiary/aromatic N) is 2. The Hall–Kier alpha value is -1.05. The van der Waals surface area contributed by atoms with E-state index < -0.39 is 12.0 Å². The molecule has 2 aliphatic heterocycles. The van der Waals surface area contributed by atoms with Gasteiger partial charge in [0.05, 0.1) is 6.61 Å². The number of halogens is 3. The summed E-state index contributed by atoms with van der Waals surface area (Å²) in [5, 5.41) is 0. The Morgan fingerprint density at radius 2 is 1.96 bits per heavy atom. The number of benzene rings is 1. The Balaban J connectivity index is 1.57. The Morgan fingerprint density at radius 1 is 1.25 bits per heavy atom. The average Bonchev–Trinajstić information content (AvgIpc) is 2.57. The van der Waals surface area contributed by atoms with Gasteiger partial charge in [-0.25, -0.2) is 8.78 Å². The second-order valence-corrected chi connectivity index (χ2v) is 7.22. The van der Waals surface area contributed by atoms with Crippen LogP contribution in [-0.4, -0.2) is 60.5 Å². The van der Waals surface area contributed by atoms with Crippen molar-refractivity contribution in [1.29, 1.82) is 0 Å². The number of hydrogen-bond acceptors (Lipinski definition) is 3. The van der Waals surface area contributed by atoms with Crippen molar-refractivity contribution >= 4 is 21.8 Å². The van der Waals surface area contributed by atoms with Crippen molar-refractivity contribution in [2.75, 3.05) is 32.8 Å². The molecule has 1 unspecified atom stereocenters. The summed E-state index contributed by atoms with van der Waals surface area (Å²) in [5.74, 6) is -2.81. The van der Waals surface area contributed by atoms with Crippen molar-refractivity contribution in [2.24, 2.45) is 0 Å². The van der Waals surface area contributed by atoms with E-state index in [1.54, 1.807) is 0 Å². The molecule has 0 aromatic heterocycles. The van der Waals surface area contributed by atoms with Gasteiger partial charge in [-0.1, -0.05) is 34.1 Å². The van der Waals surface area contributed by atoms with Gasteiger partial charge < -0.3 is 9.64 Å². The lowest BCUT2D eigenvalue weighted by atomic mass is 10.1. The number of hydrogen-bond donors (Lipinski definition) is 0. The molecule has 0 radical (unpaired) electrons. The van der Waals surface area contributed by atoms with Crippen LogP contribution in [-0.2, 0) is 16.1 Å². The zero-order chi connectivity index (χ0) is 17.2. The lowest BCUT2D eigenvalue weighted by Crippen LogP contribution is -2.53. The molecule has 4 nitrogen and oxygen atoms in total. The van der Waals surface area contributed by atoms with Gasteiger partial charge in [-0.2, -0.15) is 0 Å². The summed E-state index contributed by atoms with van der Waals surface area (Å²) < 4.78 is 33.1. The molecule has 2 aliphatic rings. The first-order valence-corrected chi connectivity index (χ1v) is 8.98. The number of morpholine rings is 1. The highest BCUT2D eigenvalue weighted by Gasteiger charge is 2.38. The van der Waals surface area contributed by atoms with Crippen LogP contribution in [0.25, 0.3) is 0 Å². The minimum atomic E-state index is -2.64. The molecule has 132 valence electrons. The van der Waals surface area contributed by atoms with Gasteiger partial charge in [0.15, 0.2) is 0 Å². The van der Waals surface area contributed by atoms with Gasteiger partial charge in [0, 0.05) is 50.0 Å². The molecular formula is C17H21BrF2N2O2. The van der Waals surface area contributed by atoms with Crippen LogP contribution in [0.4, 0.5) is 8.78 Å². The van der Waals surface area contributed by atoms with Gasteiger partial charge in [-0.15, -0.1) is 0 Å². The topological polar surface area (TPSA) is 32.8 Å². The number of ether oxygens (including phenoxy) is 1. The van der Waals surface area contributed by atoms with Crippen molar-refractivity contribution in [2.45, 2.75) is 31.4 Å². The molecule has 0 aliphatic carbocycles. The minimum absolute atomic E-state index is 0.107. The molecule has 1 aromatic carbocycles. The van der Waals surface area contributed by atoms with E-state index in [1.165, 1.54) is 4.90 Å². The quantitative estimate of drug-likeness (QED) is 0.778. The number of rotatable bonds is 3. The van der Waals surface area contributed by atoms with Crippen LogP contribution in [0, 0.1) is 0 Å². The van der Waals surface area contributed by atoms with Gasteiger partial charge in [-0.05, 0) is 11.6 Å². The van der Waals surface area contributed by atoms with E-state index in [4.69, 9.17) is 4.74 Å². The lowest BCUT2D eigenvalue weighted by Gasteiger charge is -2.37. The Labute approximate surface area is 148 Å². The number of piperidine rings is 1. The van der Waals surface area contributed by atoms with Gasteiger partial charge >= 0.3 is 0 Å². The smallest absolute Gasteiger partial charge is 0.253 e. The molecule has 0 saturated carbocycles. The molecule has 1 aromatic rings. The molecule has 2 saturated heterocycles. The van der Waals surface area contributed by atoms with E-state index >= 15 is 0 Å². The number of carbonyl (C=O) groups excluding carboxylic acids is 1. The second kappa shape index (κ2) is 7.45. The van der Waals surface area contributed by atoms with E-state index in [0.717, 1.165) is 23.1 Å². The van der Waals surface area contributed by atoms with Crippen LogP contribution in [0.5, 0.6) is 0 Å². The van der Waals surface area contributed by atoms with Crippen LogP contribution < -0.4 is 0 Å². The van der Waals surface area contributed by atoms with E-state index in [2.05, 4.69) is 20.8 Å². The summed E-state index contributed by atoms with van der Waals surface area (Å²) in [4.78, 5) is 16.2. The second-order valence-electron chi connectivity index (χ2n) is 6.37. The van der Waals surface area contributed by atoms with Gasteiger partial charge in [0.1, 0.15) is 6.10 Å². The summed E-state index contributed by atoms with van der Waals surface area (Å²) in [6.07, 6.45) is -1.08. The number of amides is 1. The lowest BCUT2D eigenvalue weighted by molar-refractivity contribution is -0.155. The first kappa shape index (κ1) is 17.8. The SMILES string of the molecule is O=C(C1CN(Cc2ccccc2Br)CCO1)N1CCC(F)(F)CC1. The first-order valence-electron chi connectivity index (χ1n) is 8.19. The fourth-order valence-corrected chi connectivity index (χ4v) is 3.53. The van der Waals surface area contributed by atoms with E-state index in [-0.39, 0.29) is 31.8 Å².